The van der Waals surface area contributed by atoms with Crippen LogP contribution in [0.25, 0.3) is 0 Å². The molecule has 0 aliphatic heterocycles. The van der Waals surface area contributed by atoms with Crippen molar-refractivity contribution in [3.05, 3.63) is 58.9 Å². The minimum atomic E-state index is -0.287. The van der Waals surface area contributed by atoms with Gasteiger partial charge < -0.3 is 20.7 Å². The summed E-state index contributed by atoms with van der Waals surface area (Å²) in [5.41, 5.74) is 9.08. The molecule has 0 aliphatic rings. The maximum Gasteiger partial charge on any atom is 0.302 e. The molecule has 0 unspecified atom stereocenters. The summed E-state index contributed by atoms with van der Waals surface area (Å²) in [4.78, 5) is 15.5. The first-order chi connectivity index (χ1) is 13.5. The highest BCUT2D eigenvalue weighted by Crippen LogP contribution is 2.25. The zero-order chi connectivity index (χ0) is 20.4. The molecule has 0 spiro atoms. The highest BCUT2D eigenvalue weighted by molar-refractivity contribution is 6.01. The highest BCUT2D eigenvalue weighted by atomic mass is 16.5. The lowest BCUT2D eigenvalue weighted by atomic mass is 10.1. The van der Waals surface area contributed by atoms with Gasteiger partial charge in [-0.1, -0.05) is 30.3 Å². The van der Waals surface area contributed by atoms with Gasteiger partial charge in [-0.3, -0.25) is 9.78 Å². The standard InChI is InChI=1S/C20H27N5O3/c1-14-19(28-13-16-8-5-4-6-9-16)18(20(24-21)25-22-3)12-17(23-14)10-7-11-27-15(2)26/h4-6,8-9,12,22H,7,10-11,13,21H2,1-3H3,(H,24,25). The number of aryl methyl sites for hydroxylation is 2. The van der Waals surface area contributed by atoms with E-state index in [2.05, 4.69) is 20.9 Å². The van der Waals surface area contributed by atoms with Gasteiger partial charge in [-0.25, -0.2) is 5.43 Å². The lowest BCUT2D eigenvalue weighted by molar-refractivity contribution is -0.141. The normalized spacial score (nSPS) is 11.2. The number of hydrazone groups is 1. The Kier molecular flexibility index (Phi) is 8.23. The molecule has 0 saturated heterocycles. The van der Waals surface area contributed by atoms with E-state index in [1.165, 1.54) is 6.92 Å². The van der Waals surface area contributed by atoms with Gasteiger partial charge in [0.25, 0.3) is 0 Å². The van der Waals surface area contributed by atoms with Crippen molar-refractivity contribution in [3.8, 4) is 5.75 Å². The Morgan fingerprint density at radius 1 is 1.29 bits per heavy atom. The molecular formula is C20H27N5O3. The van der Waals surface area contributed by atoms with Crippen molar-refractivity contribution in [3.63, 3.8) is 0 Å². The Balaban J connectivity index is 2.24. The fourth-order valence-corrected chi connectivity index (χ4v) is 2.70. The van der Waals surface area contributed by atoms with E-state index in [9.17, 15) is 4.79 Å². The van der Waals surface area contributed by atoms with Gasteiger partial charge in [0.2, 0.25) is 0 Å². The number of carbonyl (C=O) groups excluding carboxylic acids is 1. The first-order valence-electron chi connectivity index (χ1n) is 9.06. The van der Waals surface area contributed by atoms with E-state index < -0.39 is 0 Å². The van der Waals surface area contributed by atoms with Crippen LogP contribution in [0, 0.1) is 6.92 Å². The zero-order valence-electron chi connectivity index (χ0n) is 16.5. The SMILES string of the molecule is CNNC(=NN)c1cc(CCCOC(C)=O)nc(C)c1OCc1ccccc1. The molecule has 28 heavy (non-hydrogen) atoms. The molecule has 1 aromatic heterocycles. The summed E-state index contributed by atoms with van der Waals surface area (Å²) >= 11 is 0. The second kappa shape index (κ2) is 10.9. The number of esters is 1. The van der Waals surface area contributed by atoms with Crippen molar-refractivity contribution in [1.29, 1.82) is 0 Å². The third kappa shape index (κ3) is 6.24. The van der Waals surface area contributed by atoms with E-state index in [0.29, 0.717) is 43.2 Å². The van der Waals surface area contributed by atoms with E-state index >= 15 is 0 Å². The number of pyridine rings is 1. The van der Waals surface area contributed by atoms with E-state index in [1.54, 1.807) is 7.05 Å². The van der Waals surface area contributed by atoms with Crippen LogP contribution in [0.3, 0.4) is 0 Å². The van der Waals surface area contributed by atoms with Gasteiger partial charge in [-0.15, -0.1) is 0 Å². The fourth-order valence-electron chi connectivity index (χ4n) is 2.70. The minimum absolute atomic E-state index is 0.287. The van der Waals surface area contributed by atoms with Crippen molar-refractivity contribution < 1.29 is 14.3 Å². The Bertz CT molecular complexity index is 809. The van der Waals surface area contributed by atoms with Crippen LogP contribution >= 0.6 is 0 Å². The largest absolute Gasteiger partial charge is 0.486 e. The third-order valence-electron chi connectivity index (χ3n) is 3.93. The molecule has 0 saturated carbocycles. The van der Waals surface area contributed by atoms with Gasteiger partial charge in [-0.05, 0) is 31.4 Å². The number of hydrogen-bond donors (Lipinski definition) is 3. The second-order valence-corrected chi connectivity index (χ2v) is 6.15. The van der Waals surface area contributed by atoms with Gasteiger partial charge in [0.1, 0.15) is 6.61 Å². The topological polar surface area (TPSA) is 111 Å². The molecule has 1 aromatic carbocycles. The van der Waals surface area contributed by atoms with Crippen LogP contribution in [0.5, 0.6) is 5.75 Å². The molecular weight excluding hydrogens is 358 g/mol. The summed E-state index contributed by atoms with van der Waals surface area (Å²) in [6.07, 6.45) is 1.32. The summed E-state index contributed by atoms with van der Waals surface area (Å²) in [6.45, 7) is 4.03. The Morgan fingerprint density at radius 3 is 2.68 bits per heavy atom. The number of amidine groups is 1. The third-order valence-corrected chi connectivity index (χ3v) is 3.93. The number of aromatic nitrogens is 1. The van der Waals surface area contributed by atoms with Gasteiger partial charge in [0, 0.05) is 19.7 Å². The molecule has 150 valence electrons. The molecule has 4 N–H and O–H groups in total. The Labute approximate surface area is 165 Å². The summed E-state index contributed by atoms with van der Waals surface area (Å²) in [6, 6.07) is 11.8. The Morgan fingerprint density at radius 2 is 2.04 bits per heavy atom. The summed E-state index contributed by atoms with van der Waals surface area (Å²) in [5.74, 6) is 6.34. The number of nitrogens with two attached hydrogens (primary N) is 1. The zero-order valence-corrected chi connectivity index (χ0v) is 16.5. The molecule has 0 amide bonds. The minimum Gasteiger partial charge on any atom is -0.486 e. The summed E-state index contributed by atoms with van der Waals surface area (Å²) < 4.78 is 11.0. The fraction of sp³-hybridized carbons (Fsp3) is 0.350. The molecule has 2 rings (SSSR count). The summed E-state index contributed by atoms with van der Waals surface area (Å²) in [5, 5.41) is 3.83. The monoisotopic (exact) mass is 385 g/mol. The van der Waals surface area contributed by atoms with Crippen molar-refractivity contribution in [2.75, 3.05) is 13.7 Å². The molecule has 0 radical (unpaired) electrons. The van der Waals surface area contributed by atoms with E-state index in [-0.39, 0.29) is 5.97 Å². The molecule has 2 aromatic rings. The van der Waals surface area contributed by atoms with E-state index in [1.807, 2.05) is 43.3 Å². The number of carbonyl (C=O) groups is 1. The van der Waals surface area contributed by atoms with Crippen molar-refractivity contribution in [2.24, 2.45) is 10.9 Å². The van der Waals surface area contributed by atoms with Gasteiger partial charge >= 0.3 is 5.97 Å². The lowest BCUT2D eigenvalue weighted by Crippen LogP contribution is -2.36. The number of ether oxygens (including phenoxy) is 2. The first kappa shape index (κ1) is 21.2. The highest BCUT2D eigenvalue weighted by Gasteiger charge is 2.17. The molecule has 8 nitrogen and oxygen atoms in total. The van der Waals surface area contributed by atoms with Crippen LogP contribution in [0.1, 0.15) is 35.9 Å². The number of benzene rings is 1. The van der Waals surface area contributed by atoms with Crippen LogP contribution in [0.15, 0.2) is 41.5 Å². The average molecular weight is 385 g/mol. The van der Waals surface area contributed by atoms with Crippen LogP contribution in [0.4, 0.5) is 0 Å². The number of hydrazine groups is 1. The van der Waals surface area contributed by atoms with Crippen LogP contribution in [-0.2, 0) is 22.6 Å². The predicted molar refractivity (Wildman–Crippen MR) is 108 cm³/mol. The quantitative estimate of drug-likeness (QED) is 0.151. The maximum absolute atomic E-state index is 10.9. The van der Waals surface area contributed by atoms with Crippen molar-refractivity contribution >= 4 is 11.8 Å². The molecule has 0 fully saturated rings. The number of nitrogens with zero attached hydrogens (tertiary/aromatic N) is 2. The maximum atomic E-state index is 10.9. The van der Waals surface area contributed by atoms with Crippen LogP contribution in [-0.4, -0.2) is 30.4 Å². The lowest BCUT2D eigenvalue weighted by Gasteiger charge is -2.17. The number of nitrogens with one attached hydrogen (secondary N) is 2. The molecule has 0 bridgehead atoms. The Hall–Kier alpha value is -3.13. The van der Waals surface area contributed by atoms with Crippen molar-refractivity contribution in [1.82, 2.24) is 15.8 Å². The van der Waals surface area contributed by atoms with E-state index in [4.69, 9.17) is 15.3 Å². The predicted octanol–water partition coefficient (Wildman–Crippen LogP) is 1.81. The van der Waals surface area contributed by atoms with Crippen molar-refractivity contribution in [2.45, 2.75) is 33.3 Å². The molecule has 8 heteroatoms. The van der Waals surface area contributed by atoms with E-state index in [0.717, 1.165) is 17.0 Å². The second-order valence-electron chi connectivity index (χ2n) is 6.15. The number of hydrogen-bond acceptors (Lipinski definition) is 7. The summed E-state index contributed by atoms with van der Waals surface area (Å²) in [7, 11) is 1.73. The van der Waals surface area contributed by atoms with Gasteiger partial charge in [0.15, 0.2) is 11.6 Å². The number of rotatable bonds is 9. The smallest absolute Gasteiger partial charge is 0.302 e. The van der Waals surface area contributed by atoms with Crippen LogP contribution < -0.4 is 21.4 Å². The average Bonchev–Trinajstić information content (AvgIpc) is 2.69. The molecule has 0 atom stereocenters. The molecule has 0 aliphatic carbocycles. The van der Waals surface area contributed by atoms with Gasteiger partial charge in [0.05, 0.1) is 17.9 Å². The van der Waals surface area contributed by atoms with Crippen LogP contribution in [0.2, 0.25) is 0 Å². The molecule has 1 heterocycles. The van der Waals surface area contributed by atoms with Gasteiger partial charge in [-0.2, -0.15) is 5.10 Å². The first-order valence-corrected chi connectivity index (χ1v) is 9.06.